The molecule has 2 aliphatic rings. The summed E-state index contributed by atoms with van der Waals surface area (Å²) in [6, 6.07) is 27.4. The van der Waals surface area contributed by atoms with Gasteiger partial charge in [-0.3, -0.25) is 4.79 Å². The highest BCUT2D eigenvalue weighted by Crippen LogP contribution is 2.60. The standard InChI is InChI=1S/C32H26Cl2FN3O2/c33-23-10-4-8-21(16-23)26-14-15-38(31(40)36-19-20-6-2-1-3-7-20)29(22-9-5-11-25(35)17-22)32(26)27-13-12-24(34)18-28(27)37-30(32)39/h1-13,16-18,26,29H,14-15,19H2,(H,36,40)(H,37,39). The number of likely N-dealkylation sites (tertiary alicyclic amines) is 1. The second-order valence-corrected chi connectivity index (χ2v) is 11.1. The zero-order valence-electron chi connectivity index (χ0n) is 21.4. The van der Waals surface area contributed by atoms with Gasteiger partial charge in [0.2, 0.25) is 5.91 Å². The van der Waals surface area contributed by atoms with E-state index < -0.39 is 17.3 Å². The highest BCUT2D eigenvalue weighted by Gasteiger charge is 2.62. The number of benzene rings is 4. The van der Waals surface area contributed by atoms with Crippen LogP contribution in [0.15, 0.2) is 97.1 Å². The summed E-state index contributed by atoms with van der Waals surface area (Å²) in [5, 5.41) is 7.08. The molecule has 8 heteroatoms. The van der Waals surface area contributed by atoms with Crippen molar-refractivity contribution in [3.05, 3.63) is 135 Å². The lowest BCUT2D eigenvalue weighted by Gasteiger charge is -2.51. The number of halogens is 3. The summed E-state index contributed by atoms with van der Waals surface area (Å²) in [5.41, 5.74) is 2.36. The van der Waals surface area contributed by atoms with Gasteiger partial charge in [-0.15, -0.1) is 0 Å². The van der Waals surface area contributed by atoms with Gasteiger partial charge in [0.25, 0.3) is 0 Å². The molecule has 1 spiro atoms. The zero-order chi connectivity index (χ0) is 27.9. The van der Waals surface area contributed by atoms with Crippen molar-refractivity contribution in [3.63, 3.8) is 0 Å². The first-order chi connectivity index (χ1) is 19.4. The number of hydrogen-bond acceptors (Lipinski definition) is 2. The Bertz CT molecular complexity index is 1600. The van der Waals surface area contributed by atoms with Gasteiger partial charge in [-0.25, -0.2) is 9.18 Å². The van der Waals surface area contributed by atoms with Crippen molar-refractivity contribution in [3.8, 4) is 0 Å². The van der Waals surface area contributed by atoms with Crippen LogP contribution in [0.5, 0.6) is 0 Å². The molecule has 3 amide bonds. The minimum atomic E-state index is -1.28. The molecule has 0 radical (unpaired) electrons. The van der Waals surface area contributed by atoms with E-state index in [1.165, 1.54) is 12.1 Å². The molecule has 40 heavy (non-hydrogen) atoms. The van der Waals surface area contributed by atoms with Gasteiger partial charge < -0.3 is 15.5 Å². The summed E-state index contributed by atoms with van der Waals surface area (Å²) in [6.07, 6.45) is 0.487. The largest absolute Gasteiger partial charge is 0.334 e. The molecule has 4 aromatic rings. The van der Waals surface area contributed by atoms with Crippen LogP contribution in [-0.2, 0) is 16.8 Å². The minimum Gasteiger partial charge on any atom is -0.334 e. The van der Waals surface area contributed by atoms with Crippen LogP contribution in [0.1, 0.15) is 40.6 Å². The Morgan fingerprint density at radius 2 is 1.68 bits per heavy atom. The maximum absolute atomic E-state index is 14.8. The van der Waals surface area contributed by atoms with Gasteiger partial charge in [0, 0.05) is 34.7 Å². The van der Waals surface area contributed by atoms with E-state index in [-0.39, 0.29) is 17.9 Å². The smallest absolute Gasteiger partial charge is 0.318 e. The van der Waals surface area contributed by atoms with E-state index >= 15 is 0 Å². The van der Waals surface area contributed by atoms with E-state index in [1.807, 2.05) is 54.6 Å². The molecular formula is C32H26Cl2FN3O2. The van der Waals surface area contributed by atoms with E-state index in [0.717, 1.165) is 11.1 Å². The van der Waals surface area contributed by atoms with Crippen molar-refractivity contribution < 1.29 is 14.0 Å². The third-order valence-corrected chi connectivity index (χ3v) is 8.44. The van der Waals surface area contributed by atoms with Crippen LogP contribution in [0, 0.1) is 5.82 Å². The summed E-state index contributed by atoms with van der Waals surface area (Å²) in [7, 11) is 0. The number of hydrogen-bond donors (Lipinski definition) is 2. The predicted molar refractivity (Wildman–Crippen MR) is 155 cm³/mol. The summed E-state index contributed by atoms with van der Waals surface area (Å²) in [6.45, 7) is 0.659. The Morgan fingerprint density at radius 1 is 0.925 bits per heavy atom. The molecule has 1 fully saturated rings. The van der Waals surface area contributed by atoms with Gasteiger partial charge in [-0.1, -0.05) is 83.9 Å². The van der Waals surface area contributed by atoms with Crippen molar-refractivity contribution >= 4 is 40.8 Å². The molecule has 0 bridgehead atoms. The summed E-state index contributed by atoms with van der Waals surface area (Å²) in [4.78, 5) is 29.9. The van der Waals surface area contributed by atoms with E-state index in [4.69, 9.17) is 23.2 Å². The number of piperidine rings is 1. The van der Waals surface area contributed by atoms with Crippen molar-refractivity contribution in [2.24, 2.45) is 0 Å². The molecular weight excluding hydrogens is 548 g/mol. The van der Waals surface area contributed by atoms with Gasteiger partial charge >= 0.3 is 6.03 Å². The molecule has 2 aliphatic heterocycles. The van der Waals surface area contributed by atoms with Crippen LogP contribution in [0.4, 0.5) is 14.9 Å². The molecule has 0 aliphatic carbocycles. The molecule has 3 atom stereocenters. The number of nitrogens with one attached hydrogen (secondary N) is 2. The minimum absolute atomic E-state index is 0.274. The van der Waals surface area contributed by atoms with Crippen molar-refractivity contribution in [1.29, 1.82) is 0 Å². The van der Waals surface area contributed by atoms with Crippen LogP contribution in [0.3, 0.4) is 0 Å². The van der Waals surface area contributed by atoms with E-state index in [2.05, 4.69) is 10.6 Å². The third kappa shape index (κ3) is 4.51. The summed E-state index contributed by atoms with van der Waals surface area (Å²) >= 11 is 12.8. The second kappa shape index (κ2) is 10.6. The lowest BCUT2D eigenvalue weighted by molar-refractivity contribution is -0.126. The summed E-state index contributed by atoms with van der Waals surface area (Å²) in [5.74, 6) is -1.08. The normalized spacial score (nSPS) is 21.7. The fraction of sp³-hybridized carbons (Fsp3) is 0.188. The monoisotopic (exact) mass is 573 g/mol. The topological polar surface area (TPSA) is 61.4 Å². The van der Waals surface area contributed by atoms with Gasteiger partial charge in [-0.2, -0.15) is 0 Å². The molecule has 5 nitrogen and oxygen atoms in total. The number of carbonyl (C=O) groups excluding carboxylic acids is 2. The van der Waals surface area contributed by atoms with Crippen LogP contribution in [0.2, 0.25) is 10.0 Å². The number of rotatable bonds is 4. The first-order valence-corrected chi connectivity index (χ1v) is 13.8. The number of fused-ring (bicyclic) bond motifs is 2. The Kier molecular flexibility index (Phi) is 6.99. The molecule has 202 valence electrons. The number of nitrogens with zero attached hydrogens (tertiary/aromatic N) is 1. The van der Waals surface area contributed by atoms with E-state index in [0.29, 0.717) is 46.4 Å². The molecule has 0 saturated carbocycles. The quantitative estimate of drug-likeness (QED) is 0.266. The highest BCUT2D eigenvalue weighted by molar-refractivity contribution is 6.31. The van der Waals surface area contributed by atoms with Crippen molar-refractivity contribution in [1.82, 2.24) is 10.2 Å². The zero-order valence-corrected chi connectivity index (χ0v) is 22.9. The number of urea groups is 1. The van der Waals surface area contributed by atoms with Gasteiger partial charge in [0.15, 0.2) is 0 Å². The van der Waals surface area contributed by atoms with E-state index in [1.54, 1.807) is 35.2 Å². The van der Waals surface area contributed by atoms with Gasteiger partial charge in [0.05, 0.1) is 6.04 Å². The van der Waals surface area contributed by atoms with Gasteiger partial charge in [0.1, 0.15) is 11.2 Å². The maximum atomic E-state index is 14.8. The van der Waals surface area contributed by atoms with Crippen molar-refractivity contribution in [2.75, 3.05) is 11.9 Å². The van der Waals surface area contributed by atoms with Gasteiger partial charge in [-0.05, 0) is 65.1 Å². The second-order valence-electron chi connectivity index (χ2n) is 10.2. The Hall–Kier alpha value is -3.87. The lowest BCUT2D eigenvalue weighted by Crippen LogP contribution is -2.59. The van der Waals surface area contributed by atoms with Crippen LogP contribution < -0.4 is 10.6 Å². The van der Waals surface area contributed by atoms with Crippen LogP contribution in [-0.4, -0.2) is 23.4 Å². The van der Waals surface area contributed by atoms with Crippen LogP contribution >= 0.6 is 23.2 Å². The molecule has 0 aromatic heterocycles. The average molecular weight is 574 g/mol. The summed E-state index contributed by atoms with van der Waals surface area (Å²) < 4.78 is 14.8. The molecule has 2 heterocycles. The molecule has 6 rings (SSSR count). The highest BCUT2D eigenvalue weighted by atomic mass is 35.5. The molecule has 1 saturated heterocycles. The Morgan fingerprint density at radius 3 is 2.45 bits per heavy atom. The van der Waals surface area contributed by atoms with Crippen LogP contribution in [0.25, 0.3) is 0 Å². The predicted octanol–water partition coefficient (Wildman–Crippen LogP) is 7.46. The maximum Gasteiger partial charge on any atom is 0.318 e. The molecule has 2 N–H and O–H groups in total. The number of carbonyl (C=O) groups is 2. The average Bonchev–Trinajstić information content (AvgIpc) is 3.22. The number of amides is 3. The Labute approximate surface area is 241 Å². The fourth-order valence-corrected chi connectivity index (χ4v) is 6.74. The van der Waals surface area contributed by atoms with Crippen molar-refractivity contribution in [2.45, 2.75) is 30.3 Å². The number of anilines is 1. The van der Waals surface area contributed by atoms with E-state index in [9.17, 15) is 14.0 Å². The SMILES string of the molecule is O=C(NCc1ccccc1)N1CCC(c2cccc(Cl)c2)C2(C(=O)Nc3cc(Cl)ccc32)C1c1cccc(F)c1. The third-order valence-electron chi connectivity index (χ3n) is 7.97. The first kappa shape index (κ1) is 26.4. The first-order valence-electron chi connectivity index (χ1n) is 13.1. The molecule has 4 aromatic carbocycles. The molecule has 3 unspecified atom stereocenters. The lowest BCUT2D eigenvalue weighted by atomic mass is 9.59. The Balaban J connectivity index is 1.54. The fourth-order valence-electron chi connectivity index (χ4n) is 6.37.